The quantitative estimate of drug-likeness (QED) is 0.792. The monoisotopic (exact) mass is 274 g/mol. The molecule has 0 spiro atoms. The van der Waals surface area contributed by atoms with Crippen LogP contribution in [0.3, 0.4) is 0 Å². The fourth-order valence-electron chi connectivity index (χ4n) is 3.39. The molecule has 2 nitrogen and oxygen atoms in total. The molecule has 1 aliphatic rings. The molecule has 112 valence electrons. The summed E-state index contributed by atoms with van der Waals surface area (Å²) in [6, 6.07) is 9.64. The molecule has 2 heteroatoms. The molecule has 1 aliphatic carbocycles. The second kappa shape index (κ2) is 7.56. The maximum Gasteiger partial charge on any atom is 0.0367 e. The average molecular weight is 274 g/mol. The first-order valence-electron chi connectivity index (χ1n) is 8.38. The zero-order chi connectivity index (χ0) is 14.4. The number of nitrogens with one attached hydrogen (secondary N) is 1. The summed E-state index contributed by atoms with van der Waals surface area (Å²) in [6.45, 7) is 8.89. The Kier molecular flexibility index (Phi) is 5.75. The summed E-state index contributed by atoms with van der Waals surface area (Å²) in [7, 11) is 0. The second-order valence-corrected chi connectivity index (χ2v) is 6.00. The van der Waals surface area contributed by atoms with E-state index in [1.165, 1.54) is 43.5 Å². The SMILES string of the molecule is CCC1CCCC(Nc2ccc(N(CC)CC)cc2)C1. The Morgan fingerprint density at radius 2 is 1.75 bits per heavy atom. The molecule has 2 unspecified atom stereocenters. The predicted octanol–water partition coefficient (Wildman–Crippen LogP) is 4.91. The molecule has 0 saturated heterocycles. The molecule has 1 aromatic rings. The van der Waals surface area contributed by atoms with Gasteiger partial charge in [-0.15, -0.1) is 0 Å². The highest BCUT2D eigenvalue weighted by molar-refractivity contribution is 5.55. The van der Waals surface area contributed by atoms with Gasteiger partial charge in [-0.2, -0.15) is 0 Å². The fourth-order valence-corrected chi connectivity index (χ4v) is 3.39. The maximum absolute atomic E-state index is 3.73. The van der Waals surface area contributed by atoms with Crippen molar-refractivity contribution in [3.8, 4) is 0 Å². The largest absolute Gasteiger partial charge is 0.382 e. The lowest BCUT2D eigenvalue weighted by Crippen LogP contribution is -2.27. The molecular formula is C18H30N2. The Bertz CT molecular complexity index is 381. The summed E-state index contributed by atoms with van der Waals surface area (Å²) < 4.78 is 0. The van der Waals surface area contributed by atoms with Crippen LogP contribution < -0.4 is 10.2 Å². The molecule has 2 rings (SSSR count). The summed E-state index contributed by atoms with van der Waals surface area (Å²) in [5, 5.41) is 3.73. The van der Waals surface area contributed by atoms with E-state index in [1.807, 2.05) is 0 Å². The third kappa shape index (κ3) is 3.91. The lowest BCUT2D eigenvalue weighted by atomic mass is 9.84. The summed E-state index contributed by atoms with van der Waals surface area (Å²) in [5.74, 6) is 0.927. The van der Waals surface area contributed by atoms with E-state index in [9.17, 15) is 0 Å². The van der Waals surface area contributed by atoms with Crippen LogP contribution in [-0.4, -0.2) is 19.1 Å². The summed E-state index contributed by atoms with van der Waals surface area (Å²) in [4.78, 5) is 2.39. The van der Waals surface area contributed by atoms with Gasteiger partial charge >= 0.3 is 0 Å². The van der Waals surface area contributed by atoms with E-state index in [2.05, 4.69) is 55.3 Å². The molecule has 0 aliphatic heterocycles. The highest BCUT2D eigenvalue weighted by atomic mass is 15.1. The van der Waals surface area contributed by atoms with E-state index < -0.39 is 0 Å². The van der Waals surface area contributed by atoms with Gasteiger partial charge in [0, 0.05) is 30.5 Å². The Morgan fingerprint density at radius 1 is 1.05 bits per heavy atom. The first-order chi connectivity index (χ1) is 9.76. The number of hydrogen-bond donors (Lipinski definition) is 1. The molecule has 1 N–H and O–H groups in total. The van der Waals surface area contributed by atoms with Gasteiger partial charge in [0.05, 0.1) is 0 Å². The third-order valence-electron chi connectivity index (χ3n) is 4.73. The number of rotatable bonds is 6. The molecule has 1 fully saturated rings. The molecule has 0 aromatic heterocycles. The number of nitrogens with zero attached hydrogens (tertiary/aromatic N) is 1. The van der Waals surface area contributed by atoms with Crippen molar-refractivity contribution < 1.29 is 0 Å². The molecule has 20 heavy (non-hydrogen) atoms. The Hall–Kier alpha value is -1.18. The first-order valence-corrected chi connectivity index (χ1v) is 8.38. The van der Waals surface area contributed by atoms with Crippen LogP contribution in [0.5, 0.6) is 0 Å². The Labute approximate surface area is 124 Å². The van der Waals surface area contributed by atoms with Crippen LogP contribution >= 0.6 is 0 Å². The number of hydrogen-bond acceptors (Lipinski definition) is 2. The Balaban J connectivity index is 1.93. The van der Waals surface area contributed by atoms with Crippen molar-refractivity contribution in [3.63, 3.8) is 0 Å². The van der Waals surface area contributed by atoms with E-state index in [-0.39, 0.29) is 0 Å². The number of anilines is 2. The van der Waals surface area contributed by atoms with Crippen molar-refractivity contribution in [3.05, 3.63) is 24.3 Å². The van der Waals surface area contributed by atoms with Crippen LogP contribution in [0.4, 0.5) is 11.4 Å². The van der Waals surface area contributed by atoms with E-state index in [1.54, 1.807) is 0 Å². The zero-order valence-corrected chi connectivity index (χ0v) is 13.4. The summed E-state index contributed by atoms with van der Waals surface area (Å²) in [6.07, 6.45) is 6.81. The van der Waals surface area contributed by atoms with Gasteiger partial charge in [0.15, 0.2) is 0 Å². The minimum Gasteiger partial charge on any atom is -0.382 e. The molecule has 1 saturated carbocycles. The normalized spacial score (nSPS) is 22.6. The van der Waals surface area contributed by atoms with Crippen LogP contribution in [0.15, 0.2) is 24.3 Å². The molecule has 0 bridgehead atoms. The Morgan fingerprint density at radius 3 is 2.35 bits per heavy atom. The lowest BCUT2D eigenvalue weighted by molar-refractivity contribution is 0.327. The average Bonchev–Trinajstić information content (AvgIpc) is 2.50. The van der Waals surface area contributed by atoms with Gasteiger partial charge in [-0.25, -0.2) is 0 Å². The molecular weight excluding hydrogens is 244 g/mol. The smallest absolute Gasteiger partial charge is 0.0367 e. The summed E-state index contributed by atoms with van der Waals surface area (Å²) in [5.41, 5.74) is 2.61. The van der Waals surface area contributed by atoms with Crippen molar-refractivity contribution in [1.82, 2.24) is 0 Å². The topological polar surface area (TPSA) is 15.3 Å². The molecule has 0 heterocycles. The predicted molar refractivity (Wildman–Crippen MR) is 89.7 cm³/mol. The lowest BCUT2D eigenvalue weighted by Gasteiger charge is -2.30. The van der Waals surface area contributed by atoms with Gasteiger partial charge in [-0.3, -0.25) is 0 Å². The highest BCUT2D eigenvalue weighted by Gasteiger charge is 2.20. The van der Waals surface area contributed by atoms with Gasteiger partial charge in [-0.1, -0.05) is 26.2 Å². The van der Waals surface area contributed by atoms with Crippen molar-refractivity contribution in [2.75, 3.05) is 23.3 Å². The van der Waals surface area contributed by atoms with E-state index >= 15 is 0 Å². The van der Waals surface area contributed by atoms with Crippen LogP contribution in [0.1, 0.15) is 52.9 Å². The third-order valence-corrected chi connectivity index (χ3v) is 4.73. The van der Waals surface area contributed by atoms with Crippen LogP contribution in [-0.2, 0) is 0 Å². The fraction of sp³-hybridized carbons (Fsp3) is 0.667. The van der Waals surface area contributed by atoms with Crippen molar-refractivity contribution in [2.45, 2.75) is 58.9 Å². The van der Waals surface area contributed by atoms with Crippen molar-refractivity contribution in [1.29, 1.82) is 0 Å². The van der Waals surface area contributed by atoms with E-state index in [4.69, 9.17) is 0 Å². The van der Waals surface area contributed by atoms with E-state index in [0.29, 0.717) is 6.04 Å². The van der Waals surface area contributed by atoms with Gasteiger partial charge < -0.3 is 10.2 Å². The molecule has 2 atom stereocenters. The highest BCUT2D eigenvalue weighted by Crippen LogP contribution is 2.29. The van der Waals surface area contributed by atoms with Gasteiger partial charge in [-0.05, 0) is 56.9 Å². The van der Waals surface area contributed by atoms with Crippen LogP contribution in [0, 0.1) is 5.92 Å². The van der Waals surface area contributed by atoms with Crippen molar-refractivity contribution in [2.24, 2.45) is 5.92 Å². The van der Waals surface area contributed by atoms with E-state index in [0.717, 1.165) is 19.0 Å². The minimum absolute atomic E-state index is 0.674. The molecule has 0 radical (unpaired) electrons. The van der Waals surface area contributed by atoms with Gasteiger partial charge in [0.1, 0.15) is 0 Å². The maximum atomic E-state index is 3.73. The van der Waals surface area contributed by atoms with Gasteiger partial charge in [0.25, 0.3) is 0 Å². The van der Waals surface area contributed by atoms with Crippen LogP contribution in [0.2, 0.25) is 0 Å². The molecule has 0 amide bonds. The minimum atomic E-state index is 0.674. The molecule has 1 aromatic carbocycles. The number of benzene rings is 1. The zero-order valence-electron chi connectivity index (χ0n) is 13.4. The second-order valence-electron chi connectivity index (χ2n) is 6.00. The van der Waals surface area contributed by atoms with Crippen LogP contribution in [0.25, 0.3) is 0 Å². The summed E-state index contributed by atoms with van der Waals surface area (Å²) >= 11 is 0. The first kappa shape index (κ1) is 15.2. The standard InChI is InChI=1S/C18H30N2/c1-4-15-8-7-9-17(14-15)19-16-10-12-18(13-11-16)20(5-2)6-3/h10-13,15,17,19H,4-9,14H2,1-3H3. The van der Waals surface area contributed by atoms with Crippen molar-refractivity contribution >= 4 is 11.4 Å². The van der Waals surface area contributed by atoms with Gasteiger partial charge in [0.2, 0.25) is 0 Å².